The van der Waals surface area contributed by atoms with Crippen LogP contribution in [0.15, 0.2) is 91.0 Å². The van der Waals surface area contributed by atoms with E-state index in [4.69, 9.17) is 0 Å². The summed E-state index contributed by atoms with van der Waals surface area (Å²) in [7, 11) is 0. The predicted octanol–water partition coefficient (Wildman–Crippen LogP) is 4.24. The van der Waals surface area contributed by atoms with E-state index in [0.29, 0.717) is 29.0 Å². The number of fused-ring (bicyclic) bond motifs is 1. The molecule has 0 radical (unpaired) electrons. The van der Waals surface area contributed by atoms with Gasteiger partial charge >= 0.3 is 0 Å². The third-order valence-corrected chi connectivity index (χ3v) is 8.05. The summed E-state index contributed by atoms with van der Waals surface area (Å²) in [5, 5.41) is 24.2. The quantitative estimate of drug-likeness (QED) is 0.344. The molecule has 1 saturated heterocycles. The molecule has 0 aliphatic carbocycles. The molecular weight excluding hydrogens is 518 g/mol. The Morgan fingerprint density at radius 1 is 1.05 bits per heavy atom. The standard InChI is InChI=1S/C33H35N3O5/c1-23(9-7-15-30(38)35-20-8-12-27(35)22-37)33(41)28-13-5-6-14-29(28)36(32(33)40)21-24-16-18-26(19-17-24)34-31(39)25-10-3-2-4-11-25/h2-7,9-11,13-14,16-19,23,27,37,41H,8,12,15,20-22H2,1H3,(H,34,39)/b9-7+/t23-,27-,33+/m0/s1. The van der Waals surface area contributed by atoms with Gasteiger partial charge in [0.2, 0.25) is 5.91 Å². The lowest BCUT2D eigenvalue weighted by Crippen LogP contribution is -2.44. The molecule has 1 fully saturated rings. The van der Waals surface area contributed by atoms with E-state index in [0.717, 1.165) is 18.4 Å². The van der Waals surface area contributed by atoms with Gasteiger partial charge in [0, 0.05) is 35.7 Å². The highest BCUT2D eigenvalue weighted by Gasteiger charge is 2.52. The van der Waals surface area contributed by atoms with Gasteiger partial charge in [-0.1, -0.05) is 67.6 Å². The maximum Gasteiger partial charge on any atom is 0.264 e. The van der Waals surface area contributed by atoms with Gasteiger partial charge in [0.05, 0.1) is 24.9 Å². The van der Waals surface area contributed by atoms with Gasteiger partial charge in [-0.05, 0) is 48.7 Å². The summed E-state index contributed by atoms with van der Waals surface area (Å²) >= 11 is 0. The van der Waals surface area contributed by atoms with Gasteiger partial charge in [-0.3, -0.25) is 14.4 Å². The number of rotatable bonds is 9. The minimum absolute atomic E-state index is 0.0439. The molecule has 3 amide bonds. The van der Waals surface area contributed by atoms with E-state index in [1.165, 1.54) is 0 Å². The number of para-hydroxylation sites is 1. The van der Waals surface area contributed by atoms with Gasteiger partial charge in [0.15, 0.2) is 5.60 Å². The van der Waals surface area contributed by atoms with Crippen molar-refractivity contribution in [3.05, 3.63) is 108 Å². The highest BCUT2D eigenvalue weighted by Crippen LogP contribution is 2.45. The first kappa shape index (κ1) is 28.3. The number of aliphatic hydroxyl groups excluding tert-OH is 1. The van der Waals surface area contributed by atoms with Crippen molar-refractivity contribution in [3.8, 4) is 0 Å². The summed E-state index contributed by atoms with van der Waals surface area (Å²) < 4.78 is 0. The van der Waals surface area contributed by atoms with Crippen LogP contribution in [0.5, 0.6) is 0 Å². The maximum absolute atomic E-state index is 13.8. The average Bonchev–Trinajstić information content (AvgIpc) is 3.57. The Morgan fingerprint density at radius 2 is 1.76 bits per heavy atom. The number of nitrogens with one attached hydrogen (secondary N) is 1. The molecule has 0 saturated carbocycles. The van der Waals surface area contributed by atoms with Crippen molar-refractivity contribution in [3.63, 3.8) is 0 Å². The Labute approximate surface area is 239 Å². The van der Waals surface area contributed by atoms with E-state index < -0.39 is 17.4 Å². The van der Waals surface area contributed by atoms with Crippen molar-refractivity contribution in [1.82, 2.24) is 4.90 Å². The zero-order valence-corrected chi connectivity index (χ0v) is 23.1. The summed E-state index contributed by atoms with van der Waals surface area (Å²) in [6.07, 6.45) is 5.25. The molecule has 0 bridgehead atoms. The number of hydrogen-bond acceptors (Lipinski definition) is 5. The Bertz CT molecular complexity index is 1440. The highest BCUT2D eigenvalue weighted by molar-refractivity contribution is 6.07. The van der Waals surface area contributed by atoms with E-state index >= 15 is 0 Å². The Balaban J connectivity index is 1.28. The van der Waals surface area contributed by atoms with Crippen LogP contribution in [0.2, 0.25) is 0 Å². The first-order chi connectivity index (χ1) is 19.8. The lowest BCUT2D eigenvalue weighted by Gasteiger charge is -2.28. The zero-order chi connectivity index (χ0) is 29.0. The van der Waals surface area contributed by atoms with Crippen molar-refractivity contribution in [2.75, 3.05) is 23.4 Å². The summed E-state index contributed by atoms with van der Waals surface area (Å²) in [5.74, 6) is -1.29. The molecule has 41 heavy (non-hydrogen) atoms. The smallest absolute Gasteiger partial charge is 0.264 e. The van der Waals surface area contributed by atoms with Crippen molar-refractivity contribution < 1.29 is 24.6 Å². The third kappa shape index (κ3) is 5.66. The molecule has 2 aliphatic rings. The molecule has 0 aromatic heterocycles. The number of aliphatic hydroxyl groups is 2. The van der Waals surface area contributed by atoms with E-state index in [2.05, 4.69) is 5.32 Å². The monoisotopic (exact) mass is 553 g/mol. The molecule has 212 valence electrons. The lowest BCUT2D eigenvalue weighted by molar-refractivity contribution is -0.139. The number of nitrogens with zero attached hydrogens (tertiary/aromatic N) is 2. The van der Waals surface area contributed by atoms with Crippen LogP contribution in [0.4, 0.5) is 11.4 Å². The number of likely N-dealkylation sites (tertiary alicyclic amines) is 1. The SMILES string of the molecule is C[C@@H](/C=C/CC(=O)N1CCC[C@H]1CO)[C@]1(O)C(=O)N(Cc2ccc(NC(=O)c3ccccc3)cc2)c2ccccc21. The van der Waals surface area contributed by atoms with Gasteiger partial charge in [0.25, 0.3) is 11.8 Å². The van der Waals surface area contributed by atoms with Crippen LogP contribution < -0.4 is 10.2 Å². The van der Waals surface area contributed by atoms with Gasteiger partial charge in [0.1, 0.15) is 0 Å². The number of hydrogen-bond donors (Lipinski definition) is 3. The van der Waals surface area contributed by atoms with Gasteiger partial charge in [-0.15, -0.1) is 0 Å². The van der Waals surface area contributed by atoms with Crippen LogP contribution in [-0.4, -0.2) is 52.0 Å². The number of carbonyl (C=O) groups excluding carboxylic acids is 3. The fourth-order valence-corrected chi connectivity index (χ4v) is 5.71. The fourth-order valence-electron chi connectivity index (χ4n) is 5.71. The third-order valence-electron chi connectivity index (χ3n) is 8.05. The van der Waals surface area contributed by atoms with E-state index in [-0.39, 0.29) is 37.4 Å². The fraction of sp³-hybridized carbons (Fsp3) is 0.303. The minimum Gasteiger partial charge on any atom is -0.394 e. The molecule has 0 unspecified atom stereocenters. The second-order valence-corrected chi connectivity index (χ2v) is 10.7. The molecule has 3 atom stereocenters. The number of anilines is 2. The van der Waals surface area contributed by atoms with Gasteiger partial charge < -0.3 is 25.3 Å². The molecule has 3 N–H and O–H groups in total. The largest absolute Gasteiger partial charge is 0.394 e. The molecule has 2 heterocycles. The van der Waals surface area contributed by atoms with E-state index in [9.17, 15) is 24.6 Å². The summed E-state index contributed by atoms with van der Waals surface area (Å²) in [6, 6.07) is 23.3. The highest BCUT2D eigenvalue weighted by atomic mass is 16.3. The van der Waals surface area contributed by atoms with Crippen molar-refractivity contribution >= 4 is 29.1 Å². The van der Waals surface area contributed by atoms with Crippen LogP contribution in [0.3, 0.4) is 0 Å². The first-order valence-electron chi connectivity index (χ1n) is 14.0. The second kappa shape index (κ2) is 12.1. The molecule has 2 aliphatic heterocycles. The van der Waals surface area contributed by atoms with Crippen molar-refractivity contribution in [2.24, 2.45) is 5.92 Å². The van der Waals surface area contributed by atoms with Crippen LogP contribution in [0.1, 0.15) is 47.7 Å². The molecule has 3 aromatic carbocycles. The average molecular weight is 554 g/mol. The van der Waals surface area contributed by atoms with E-state index in [1.54, 1.807) is 65.3 Å². The molecule has 8 heteroatoms. The van der Waals surface area contributed by atoms with Gasteiger partial charge in [-0.2, -0.15) is 0 Å². The topological polar surface area (TPSA) is 110 Å². The number of amides is 3. The maximum atomic E-state index is 13.8. The molecule has 5 rings (SSSR count). The summed E-state index contributed by atoms with van der Waals surface area (Å²) in [5.41, 5.74) is 1.43. The second-order valence-electron chi connectivity index (χ2n) is 10.7. The summed E-state index contributed by atoms with van der Waals surface area (Å²) in [4.78, 5) is 42.2. The van der Waals surface area contributed by atoms with Gasteiger partial charge in [-0.25, -0.2) is 0 Å². The Hall–Kier alpha value is -4.27. The van der Waals surface area contributed by atoms with Crippen molar-refractivity contribution in [1.29, 1.82) is 0 Å². The molecular formula is C33H35N3O5. The van der Waals surface area contributed by atoms with Crippen LogP contribution in [0, 0.1) is 5.92 Å². The predicted molar refractivity (Wildman–Crippen MR) is 157 cm³/mol. The lowest BCUT2D eigenvalue weighted by atomic mass is 9.83. The van der Waals surface area contributed by atoms with Crippen molar-refractivity contribution in [2.45, 2.75) is 44.4 Å². The Kier molecular flexibility index (Phi) is 8.33. The Morgan fingerprint density at radius 3 is 2.49 bits per heavy atom. The molecule has 3 aromatic rings. The number of carbonyl (C=O) groups is 3. The zero-order valence-electron chi connectivity index (χ0n) is 23.1. The first-order valence-corrected chi connectivity index (χ1v) is 14.0. The van der Waals surface area contributed by atoms with Crippen LogP contribution in [0.25, 0.3) is 0 Å². The van der Waals surface area contributed by atoms with Crippen LogP contribution >= 0.6 is 0 Å². The van der Waals surface area contributed by atoms with Crippen LogP contribution in [-0.2, 0) is 21.7 Å². The summed E-state index contributed by atoms with van der Waals surface area (Å²) in [6.45, 7) is 2.61. The number of benzene rings is 3. The normalized spacial score (nSPS) is 20.9. The molecule has 8 nitrogen and oxygen atoms in total. The van der Waals surface area contributed by atoms with E-state index in [1.807, 2.05) is 42.5 Å². The molecule has 0 spiro atoms. The minimum atomic E-state index is -1.78.